The molecule has 0 saturated heterocycles. The molecular formula is C22H24N2O6. The summed E-state index contributed by atoms with van der Waals surface area (Å²) in [6, 6.07) is 12.8. The van der Waals surface area contributed by atoms with Gasteiger partial charge in [-0.25, -0.2) is 9.59 Å². The minimum atomic E-state index is -0.455. The van der Waals surface area contributed by atoms with E-state index in [1.807, 2.05) is 0 Å². The first kappa shape index (κ1) is 22.6. The van der Waals surface area contributed by atoms with E-state index in [4.69, 9.17) is 0 Å². The minimum Gasteiger partial charge on any atom is -0.465 e. The van der Waals surface area contributed by atoms with Gasteiger partial charge in [-0.05, 0) is 48.5 Å². The van der Waals surface area contributed by atoms with E-state index in [-0.39, 0.29) is 24.7 Å². The second kappa shape index (κ2) is 10.2. The van der Waals surface area contributed by atoms with Crippen molar-refractivity contribution in [1.82, 2.24) is 0 Å². The Labute approximate surface area is 175 Å². The first-order chi connectivity index (χ1) is 14.3. The number of hydrogen-bond donors (Lipinski definition) is 0. The lowest BCUT2D eigenvalue weighted by Gasteiger charge is -2.20. The minimum absolute atomic E-state index is 0.0265. The molecule has 0 fully saturated rings. The van der Waals surface area contributed by atoms with Gasteiger partial charge in [0.25, 0.3) is 0 Å². The van der Waals surface area contributed by atoms with E-state index in [9.17, 15) is 19.2 Å². The van der Waals surface area contributed by atoms with Crippen molar-refractivity contribution in [1.29, 1.82) is 0 Å². The van der Waals surface area contributed by atoms with Gasteiger partial charge in [0.2, 0.25) is 11.8 Å². The fourth-order valence-corrected chi connectivity index (χ4v) is 2.72. The Morgan fingerprint density at radius 1 is 0.633 bits per heavy atom. The number of carbonyl (C=O) groups is 4. The SMILES string of the molecule is COC(=O)c1ccc(N(C)C(=O)CCC(=O)N(C)c2ccc(C(=O)OC)cc2)cc1. The van der Waals surface area contributed by atoms with E-state index < -0.39 is 11.9 Å². The molecule has 30 heavy (non-hydrogen) atoms. The highest BCUT2D eigenvalue weighted by Crippen LogP contribution is 2.18. The first-order valence-electron chi connectivity index (χ1n) is 9.18. The zero-order valence-electron chi connectivity index (χ0n) is 17.4. The Morgan fingerprint density at radius 3 is 1.20 bits per heavy atom. The summed E-state index contributed by atoms with van der Waals surface area (Å²) in [5.41, 5.74) is 1.98. The van der Waals surface area contributed by atoms with Gasteiger partial charge in [0.05, 0.1) is 25.3 Å². The summed E-state index contributed by atoms with van der Waals surface area (Å²) in [6.07, 6.45) is 0.0529. The monoisotopic (exact) mass is 412 g/mol. The number of nitrogens with zero attached hydrogens (tertiary/aromatic N) is 2. The number of methoxy groups -OCH3 is 2. The van der Waals surface area contributed by atoms with Gasteiger partial charge in [-0.15, -0.1) is 0 Å². The third-order valence-corrected chi connectivity index (χ3v) is 4.65. The van der Waals surface area contributed by atoms with E-state index in [1.54, 1.807) is 62.6 Å². The maximum absolute atomic E-state index is 12.4. The van der Waals surface area contributed by atoms with Crippen LogP contribution < -0.4 is 9.80 Å². The Balaban J connectivity index is 1.93. The molecule has 0 unspecified atom stereocenters. The van der Waals surface area contributed by atoms with Crippen LogP contribution in [0.25, 0.3) is 0 Å². The molecule has 0 bridgehead atoms. The van der Waals surface area contributed by atoms with E-state index in [0.717, 1.165) is 0 Å². The van der Waals surface area contributed by atoms with Gasteiger partial charge in [-0.2, -0.15) is 0 Å². The van der Waals surface area contributed by atoms with Gasteiger partial charge < -0.3 is 19.3 Å². The molecule has 2 aromatic rings. The van der Waals surface area contributed by atoms with E-state index in [2.05, 4.69) is 9.47 Å². The molecule has 0 atom stereocenters. The number of carbonyl (C=O) groups excluding carboxylic acids is 4. The van der Waals surface area contributed by atoms with Gasteiger partial charge >= 0.3 is 11.9 Å². The molecule has 0 N–H and O–H groups in total. The summed E-state index contributed by atoms with van der Waals surface area (Å²) in [7, 11) is 5.81. The first-order valence-corrected chi connectivity index (χ1v) is 9.18. The highest BCUT2D eigenvalue weighted by atomic mass is 16.5. The molecule has 0 spiro atoms. The van der Waals surface area contributed by atoms with Crippen LogP contribution in [-0.4, -0.2) is 52.1 Å². The molecule has 0 aromatic heterocycles. The maximum atomic E-state index is 12.4. The van der Waals surface area contributed by atoms with Crippen molar-refractivity contribution in [3.63, 3.8) is 0 Å². The maximum Gasteiger partial charge on any atom is 0.337 e. The molecular weight excluding hydrogens is 388 g/mol. The Hall–Kier alpha value is -3.68. The third kappa shape index (κ3) is 5.44. The second-order valence-corrected chi connectivity index (χ2v) is 6.48. The van der Waals surface area contributed by atoms with Crippen LogP contribution in [0.4, 0.5) is 11.4 Å². The van der Waals surface area contributed by atoms with E-state index in [1.165, 1.54) is 24.0 Å². The number of amides is 2. The molecule has 0 aliphatic heterocycles. The lowest BCUT2D eigenvalue weighted by Crippen LogP contribution is -2.30. The van der Waals surface area contributed by atoms with Crippen molar-refractivity contribution in [2.24, 2.45) is 0 Å². The average molecular weight is 412 g/mol. The quantitative estimate of drug-likeness (QED) is 0.649. The molecule has 0 saturated carbocycles. The molecule has 8 heteroatoms. The molecule has 158 valence electrons. The van der Waals surface area contributed by atoms with Crippen molar-refractivity contribution in [2.75, 3.05) is 38.1 Å². The van der Waals surface area contributed by atoms with Crippen molar-refractivity contribution in [2.45, 2.75) is 12.8 Å². The molecule has 0 aliphatic carbocycles. The van der Waals surface area contributed by atoms with Crippen LogP contribution in [0.1, 0.15) is 33.6 Å². The summed E-state index contributed by atoms with van der Waals surface area (Å²) < 4.78 is 9.29. The van der Waals surface area contributed by atoms with Crippen LogP contribution in [0, 0.1) is 0 Å². The van der Waals surface area contributed by atoms with Crippen LogP contribution in [0.15, 0.2) is 48.5 Å². The fraction of sp³-hybridized carbons (Fsp3) is 0.273. The Kier molecular flexibility index (Phi) is 7.69. The van der Waals surface area contributed by atoms with Gasteiger partial charge in [0.1, 0.15) is 0 Å². The molecule has 0 aliphatic rings. The predicted octanol–water partition coefficient (Wildman–Crippen LogP) is 2.67. The molecule has 0 heterocycles. The second-order valence-electron chi connectivity index (χ2n) is 6.48. The van der Waals surface area contributed by atoms with Gasteiger partial charge in [-0.3, -0.25) is 9.59 Å². The smallest absolute Gasteiger partial charge is 0.337 e. The number of rotatable bonds is 7. The normalized spacial score (nSPS) is 10.1. The van der Waals surface area contributed by atoms with Crippen LogP contribution in [0.3, 0.4) is 0 Å². The lowest BCUT2D eigenvalue weighted by atomic mass is 10.1. The van der Waals surface area contributed by atoms with E-state index in [0.29, 0.717) is 22.5 Å². The van der Waals surface area contributed by atoms with Gasteiger partial charge in [0, 0.05) is 38.3 Å². The lowest BCUT2D eigenvalue weighted by molar-refractivity contribution is -0.123. The van der Waals surface area contributed by atoms with Crippen LogP contribution in [-0.2, 0) is 19.1 Å². The summed E-state index contributed by atoms with van der Waals surface area (Å²) in [5, 5.41) is 0. The highest BCUT2D eigenvalue weighted by molar-refractivity contribution is 5.99. The molecule has 2 aromatic carbocycles. The molecule has 0 radical (unpaired) electrons. The Bertz CT molecular complexity index is 844. The zero-order chi connectivity index (χ0) is 22.3. The van der Waals surface area contributed by atoms with Gasteiger partial charge in [-0.1, -0.05) is 0 Å². The summed E-state index contributed by atoms with van der Waals surface area (Å²) in [5.74, 6) is -1.38. The zero-order valence-corrected chi connectivity index (χ0v) is 17.4. The number of ether oxygens (including phenoxy) is 2. The predicted molar refractivity (Wildman–Crippen MR) is 112 cm³/mol. The summed E-state index contributed by atoms with van der Waals surface area (Å²) in [4.78, 5) is 50.7. The van der Waals surface area contributed by atoms with Crippen LogP contribution in [0.2, 0.25) is 0 Å². The molecule has 2 rings (SSSR count). The average Bonchev–Trinajstić information content (AvgIpc) is 2.80. The summed E-state index contributed by atoms with van der Waals surface area (Å²) >= 11 is 0. The van der Waals surface area contributed by atoms with Crippen molar-refractivity contribution >= 4 is 35.1 Å². The topological polar surface area (TPSA) is 93.2 Å². The number of benzene rings is 2. The third-order valence-electron chi connectivity index (χ3n) is 4.65. The highest BCUT2D eigenvalue weighted by Gasteiger charge is 2.17. The largest absolute Gasteiger partial charge is 0.465 e. The van der Waals surface area contributed by atoms with Crippen molar-refractivity contribution < 1.29 is 28.7 Å². The standard InChI is InChI=1S/C22H24N2O6/c1-23(17-9-5-15(6-10-17)21(27)29-3)19(25)13-14-20(26)24(2)18-11-7-16(8-12-18)22(28)30-4/h5-12H,13-14H2,1-4H3. The number of esters is 2. The Morgan fingerprint density at radius 2 is 0.933 bits per heavy atom. The van der Waals surface area contributed by atoms with E-state index >= 15 is 0 Å². The summed E-state index contributed by atoms with van der Waals surface area (Å²) in [6.45, 7) is 0. The molecule has 8 nitrogen and oxygen atoms in total. The molecule has 2 amide bonds. The van der Waals surface area contributed by atoms with Crippen molar-refractivity contribution in [3.8, 4) is 0 Å². The van der Waals surface area contributed by atoms with Crippen molar-refractivity contribution in [3.05, 3.63) is 59.7 Å². The number of anilines is 2. The number of hydrogen-bond acceptors (Lipinski definition) is 6. The van der Waals surface area contributed by atoms with Crippen LogP contribution in [0.5, 0.6) is 0 Å². The van der Waals surface area contributed by atoms with Gasteiger partial charge in [0.15, 0.2) is 0 Å². The fourth-order valence-electron chi connectivity index (χ4n) is 2.72. The van der Waals surface area contributed by atoms with Crippen LogP contribution >= 0.6 is 0 Å².